The van der Waals surface area contributed by atoms with Gasteiger partial charge < -0.3 is 14.6 Å². The standard InChI is InChI=1S/C10H8F5NO4/c1-19-7-4(2-5(17)18)3-16-6(9(11)12)8(7)20-10(13,14)15/h3,9H,2H2,1H3,(H,17,18). The Kier molecular flexibility index (Phi) is 4.69. The second-order valence-electron chi connectivity index (χ2n) is 3.45. The van der Waals surface area contributed by atoms with E-state index in [1.165, 1.54) is 0 Å². The Morgan fingerprint density at radius 2 is 2.00 bits per heavy atom. The number of methoxy groups -OCH3 is 1. The molecule has 0 aromatic carbocycles. The van der Waals surface area contributed by atoms with Gasteiger partial charge in [-0.2, -0.15) is 0 Å². The molecule has 0 fully saturated rings. The zero-order chi connectivity index (χ0) is 15.5. The van der Waals surface area contributed by atoms with E-state index in [9.17, 15) is 26.7 Å². The number of aromatic nitrogens is 1. The van der Waals surface area contributed by atoms with Gasteiger partial charge in [-0.05, 0) is 0 Å². The first kappa shape index (κ1) is 15.9. The number of pyridine rings is 1. The molecular weight excluding hydrogens is 293 g/mol. The number of hydrogen-bond acceptors (Lipinski definition) is 4. The van der Waals surface area contributed by atoms with E-state index in [0.29, 0.717) is 6.20 Å². The summed E-state index contributed by atoms with van der Waals surface area (Å²) in [6.07, 6.45) is -8.65. The van der Waals surface area contributed by atoms with Crippen molar-refractivity contribution >= 4 is 5.97 Å². The van der Waals surface area contributed by atoms with Crippen molar-refractivity contribution in [3.05, 3.63) is 17.5 Å². The fourth-order valence-electron chi connectivity index (χ4n) is 1.41. The van der Waals surface area contributed by atoms with Gasteiger partial charge in [-0.15, -0.1) is 13.2 Å². The van der Waals surface area contributed by atoms with Gasteiger partial charge in [-0.25, -0.2) is 8.78 Å². The molecule has 112 valence electrons. The number of carboxylic acids is 1. The van der Waals surface area contributed by atoms with Gasteiger partial charge in [0.1, 0.15) is 0 Å². The first-order chi connectivity index (χ1) is 9.15. The largest absolute Gasteiger partial charge is 0.573 e. The monoisotopic (exact) mass is 301 g/mol. The molecular formula is C10H8F5NO4. The first-order valence-electron chi connectivity index (χ1n) is 4.97. The summed E-state index contributed by atoms with van der Waals surface area (Å²) in [4.78, 5) is 13.7. The zero-order valence-corrected chi connectivity index (χ0v) is 9.87. The quantitative estimate of drug-likeness (QED) is 0.846. The number of hydrogen-bond donors (Lipinski definition) is 1. The number of nitrogens with zero attached hydrogens (tertiary/aromatic N) is 1. The van der Waals surface area contributed by atoms with E-state index in [4.69, 9.17) is 5.11 Å². The average molecular weight is 301 g/mol. The van der Waals surface area contributed by atoms with Gasteiger partial charge in [0, 0.05) is 11.8 Å². The third kappa shape index (κ3) is 3.93. The van der Waals surface area contributed by atoms with E-state index in [0.717, 1.165) is 7.11 Å². The summed E-state index contributed by atoms with van der Waals surface area (Å²) < 4.78 is 70.0. The number of carboxylic acid groups (broad SMARTS) is 1. The molecule has 0 radical (unpaired) electrons. The van der Waals surface area contributed by atoms with Crippen molar-refractivity contribution in [1.82, 2.24) is 4.98 Å². The van der Waals surface area contributed by atoms with E-state index in [1.54, 1.807) is 0 Å². The lowest BCUT2D eigenvalue weighted by molar-refractivity contribution is -0.275. The first-order valence-corrected chi connectivity index (χ1v) is 4.97. The number of halogens is 5. The summed E-state index contributed by atoms with van der Waals surface area (Å²) in [5, 5.41) is 8.59. The molecule has 5 nitrogen and oxygen atoms in total. The lowest BCUT2D eigenvalue weighted by Gasteiger charge is -2.17. The van der Waals surface area contributed by atoms with Crippen LogP contribution in [0.1, 0.15) is 17.7 Å². The molecule has 10 heteroatoms. The van der Waals surface area contributed by atoms with E-state index < -0.39 is 42.4 Å². The second kappa shape index (κ2) is 5.88. The Bertz CT molecular complexity index is 503. The van der Waals surface area contributed by atoms with Crippen LogP contribution in [0.3, 0.4) is 0 Å². The molecule has 0 saturated carbocycles. The summed E-state index contributed by atoms with van der Waals surface area (Å²) >= 11 is 0. The van der Waals surface area contributed by atoms with Crippen LogP contribution in [0, 0.1) is 0 Å². The third-order valence-electron chi connectivity index (χ3n) is 2.06. The van der Waals surface area contributed by atoms with E-state index >= 15 is 0 Å². The predicted molar refractivity (Wildman–Crippen MR) is 53.8 cm³/mol. The van der Waals surface area contributed by atoms with Crippen LogP contribution < -0.4 is 9.47 Å². The van der Waals surface area contributed by atoms with Crippen LogP contribution in [-0.2, 0) is 11.2 Å². The van der Waals surface area contributed by atoms with Crippen LogP contribution in [0.4, 0.5) is 22.0 Å². The maximum atomic E-state index is 12.6. The minimum Gasteiger partial charge on any atom is -0.492 e. The molecule has 0 spiro atoms. The highest BCUT2D eigenvalue weighted by atomic mass is 19.4. The molecule has 1 rings (SSSR count). The predicted octanol–water partition coefficient (Wildman–Crippen LogP) is 2.55. The molecule has 0 aliphatic rings. The van der Waals surface area contributed by atoms with Crippen molar-refractivity contribution in [2.24, 2.45) is 0 Å². The van der Waals surface area contributed by atoms with Crippen molar-refractivity contribution in [2.75, 3.05) is 7.11 Å². The molecule has 0 bridgehead atoms. The maximum absolute atomic E-state index is 12.6. The molecule has 0 aliphatic heterocycles. The van der Waals surface area contributed by atoms with Gasteiger partial charge in [0.2, 0.25) is 0 Å². The normalized spacial score (nSPS) is 11.6. The molecule has 0 saturated heterocycles. The van der Waals surface area contributed by atoms with Gasteiger partial charge >= 0.3 is 12.3 Å². The summed E-state index contributed by atoms with van der Waals surface area (Å²) in [6.45, 7) is 0. The van der Waals surface area contributed by atoms with E-state index in [2.05, 4.69) is 14.5 Å². The van der Waals surface area contributed by atoms with Gasteiger partial charge in [0.05, 0.1) is 13.5 Å². The van der Waals surface area contributed by atoms with Crippen LogP contribution in [0.5, 0.6) is 11.5 Å². The highest BCUT2D eigenvalue weighted by Gasteiger charge is 2.36. The summed E-state index contributed by atoms with van der Waals surface area (Å²) in [7, 11) is 0.902. The fourth-order valence-corrected chi connectivity index (χ4v) is 1.41. The minimum absolute atomic E-state index is 0.316. The summed E-state index contributed by atoms with van der Waals surface area (Å²) in [6, 6.07) is 0. The highest BCUT2D eigenvalue weighted by Crippen LogP contribution is 2.41. The van der Waals surface area contributed by atoms with Crippen molar-refractivity contribution in [1.29, 1.82) is 0 Å². The molecule has 0 aliphatic carbocycles. The number of carbonyl (C=O) groups is 1. The van der Waals surface area contributed by atoms with E-state index in [-0.39, 0.29) is 5.56 Å². The summed E-state index contributed by atoms with van der Waals surface area (Å²) in [5.74, 6) is -3.48. The van der Waals surface area contributed by atoms with Gasteiger partial charge in [-0.1, -0.05) is 0 Å². The number of aliphatic carboxylic acids is 1. The van der Waals surface area contributed by atoms with E-state index in [1.807, 2.05) is 0 Å². The average Bonchev–Trinajstić information content (AvgIpc) is 2.25. The van der Waals surface area contributed by atoms with Crippen LogP contribution in [-0.4, -0.2) is 29.5 Å². The molecule has 1 aromatic heterocycles. The highest BCUT2D eigenvalue weighted by molar-refractivity contribution is 5.72. The maximum Gasteiger partial charge on any atom is 0.573 e. The third-order valence-corrected chi connectivity index (χ3v) is 2.06. The Morgan fingerprint density at radius 3 is 2.40 bits per heavy atom. The van der Waals surface area contributed by atoms with Crippen molar-refractivity contribution in [3.8, 4) is 11.5 Å². The molecule has 1 aromatic rings. The molecule has 0 atom stereocenters. The number of rotatable bonds is 5. The van der Waals surface area contributed by atoms with Gasteiger partial charge in [0.25, 0.3) is 6.43 Å². The lowest BCUT2D eigenvalue weighted by atomic mass is 10.1. The topological polar surface area (TPSA) is 68.7 Å². The number of alkyl halides is 5. The number of ether oxygens (including phenoxy) is 2. The van der Waals surface area contributed by atoms with Crippen molar-refractivity contribution < 1.29 is 41.3 Å². The van der Waals surface area contributed by atoms with Crippen molar-refractivity contribution in [2.45, 2.75) is 19.2 Å². The van der Waals surface area contributed by atoms with Crippen LogP contribution in [0.2, 0.25) is 0 Å². The SMILES string of the molecule is COc1c(CC(=O)O)cnc(C(F)F)c1OC(F)(F)F. The molecule has 0 unspecified atom stereocenters. The smallest absolute Gasteiger partial charge is 0.492 e. The van der Waals surface area contributed by atoms with Gasteiger partial charge in [0.15, 0.2) is 17.2 Å². The summed E-state index contributed by atoms with van der Waals surface area (Å²) in [5.41, 5.74) is -1.60. The Labute approximate surface area is 108 Å². The van der Waals surface area contributed by atoms with Crippen LogP contribution in [0.15, 0.2) is 6.20 Å². The minimum atomic E-state index is -5.25. The zero-order valence-electron chi connectivity index (χ0n) is 9.87. The van der Waals surface area contributed by atoms with Crippen LogP contribution >= 0.6 is 0 Å². The van der Waals surface area contributed by atoms with Crippen molar-refractivity contribution in [3.63, 3.8) is 0 Å². The Balaban J connectivity index is 3.41. The second-order valence-corrected chi connectivity index (χ2v) is 3.45. The molecule has 1 N–H and O–H groups in total. The molecule has 1 heterocycles. The Morgan fingerprint density at radius 1 is 1.40 bits per heavy atom. The van der Waals surface area contributed by atoms with Gasteiger partial charge in [-0.3, -0.25) is 9.78 Å². The molecule has 0 amide bonds. The van der Waals surface area contributed by atoms with Crippen LogP contribution in [0.25, 0.3) is 0 Å². The molecule has 20 heavy (non-hydrogen) atoms. The fraction of sp³-hybridized carbons (Fsp3) is 0.400. The lowest BCUT2D eigenvalue weighted by Crippen LogP contribution is -2.20. The Hall–Kier alpha value is -2.13.